The average Bonchev–Trinajstić information content (AvgIpc) is 2.87. The quantitative estimate of drug-likeness (QED) is 0.436. The molecule has 0 aliphatic carbocycles. The molecular formula is C17H25IN4O2. The zero-order valence-electron chi connectivity index (χ0n) is 14.8. The van der Waals surface area contributed by atoms with Crippen LogP contribution < -0.4 is 10.1 Å². The number of methoxy groups -OCH3 is 1. The number of hydrogen-bond donors (Lipinski definition) is 1. The smallest absolute Gasteiger partial charge is 0.214 e. The van der Waals surface area contributed by atoms with Crippen LogP contribution in [-0.4, -0.2) is 37.0 Å². The standard InChI is InChI=1S/C17H24N4O2.HI/c1-12-13(2)23-16(20-12)10-19-17(18-3)21(4)11-14-8-6-7-9-15(14)22-5;/h6-9H,10-11H2,1-5H3,(H,18,19);1H. The van der Waals surface area contributed by atoms with Crippen molar-refractivity contribution >= 4 is 29.9 Å². The first-order valence-corrected chi connectivity index (χ1v) is 7.51. The van der Waals surface area contributed by atoms with E-state index in [0.29, 0.717) is 19.0 Å². The summed E-state index contributed by atoms with van der Waals surface area (Å²) in [4.78, 5) is 10.7. The molecule has 0 saturated heterocycles. The Bertz CT molecular complexity index is 665. The first kappa shape index (κ1) is 20.3. The van der Waals surface area contributed by atoms with E-state index in [-0.39, 0.29) is 24.0 Å². The van der Waals surface area contributed by atoms with Crippen molar-refractivity contribution in [1.29, 1.82) is 0 Å². The molecule has 2 aromatic rings. The molecule has 1 N–H and O–H groups in total. The summed E-state index contributed by atoms with van der Waals surface area (Å²) in [5.74, 6) is 3.14. The van der Waals surface area contributed by atoms with Gasteiger partial charge in [-0.25, -0.2) is 4.98 Å². The first-order valence-electron chi connectivity index (χ1n) is 7.51. The number of nitrogens with zero attached hydrogens (tertiary/aromatic N) is 3. The summed E-state index contributed by atoms with van der Waals surface area (Å²) < 4.78 is 11.0. The number of oxazole rings is 1. The second kappa shape index (κ2) is 9.51. The predicted octanol–water partition coefficient (Wildman–Crippen LogP) is 3.13. The number of aromatic nitrogens is 1. The van der Waals surface area contributed by atoms with Crippen molar-refractivity contribution in [2.75, 3.05) is 21.2 Å². The van der Waals surface area contributed by atoms with Crippen molar-refractivity contribution in [3.05, 3.63) is 47.2 Å². The van der Waals surface area contributed by atoms with Crippen LogP contribution in [0.15, 0.2) is 33.7 Å². The second-order valence-corrected chi connectivity index (χ2v) is 5.32. The van der Waals surface area contributed by atoms with Gasteiger partial charge < -0.3 is 19.4 Å². The van der Waals surface area contributed by atoms with Crippen molar-refractivity contribution in [1.82, 2.24) is 15.2 Å². The highest BCUT2D eigenvalue weighted by molar-refractivity contribution is 14.0. The van der Waals surface area contributed by atoms with Gasteiger partial charge in [0.05, 0.1) is 19.3 Å². The van der Waals surface area contributed by atoms with Crippen LogP contribution >= 0.6 is 24.0 Å². The van der Waals surface area contributed by atoms with Crippen molar-refractivity contribution in [3.8, 4) is 5.75 Å². The van der Waals surface area contributed by atoms with E-state index < -0.39 is 0 Å². The van der Waals surface area contributed by atoms with Gasteiger partial charge in [-0.15, -0.1) is 24.0 Å². The Kier molecular flexibility index (Phi) is 8.03. The fraction of sp³-hybridized carbons (Fsp3) is 0.412. The number of nitrogens with one attached hydrogen (secondary N) is 1. The SMILES string of the molecule is CN=C(NCc1nc(C)c(C)o1)N(C)Cc1ccccc1OC.I. The summed E-state index contributed by atoms with van der Waals surface area (Å²) in [5, 5.41) is 3.26. The Morgan fingerprint density at radius 1 is 1.33 bits per heavy atom. The molecule has 0 aliphatic heterocycles. The van der Waals surface area contributed by atoms with Crippen molar-refractivity contribution < 1.29 is 9.15 Å². The molecule has 0 bridgehead atoms. The van der Waals surface area contributed by atoms with Crippen LogP contribution in [0.3, 0.4) is 0 Å². The van der Waals surface area contributed by atoms with Crippen LogP contribution in [0.25, 0.3) is 0 Å². The Morgan fingerprint density at radius 3 is 2.62 bits per heavy atom. The number of halogens is 1. The molecule has 0 amide bonds. The Labute approximate surface area is 160 Å². The molecule has 0 aliphatic rings. The Balaban J connectivity index is 0.00000288. The molecule has 1 aromatic heterocycles. The molecule has 0 radical (unpaired) electrons. The van der Waals surface area contributed by atoms with Gasteiger partial charge in [0.15, 0.2) is 5.96 Å². The highest BCUT2D eigenvalue weighted by atomic mass is 127. The summed E-state index contributed by atoms with van der Waals surface area (Å²) in [6.07, 6.45) is 0. The molecule has 24 heavy (non-hydrogen) atoms. The summed E-state index contributed by atoms with van der Waals surface area (Å²) in [6.45, 7) is 5.03. The highest BCUT2D eigenvalue weighted by Gasteiger charge is 2.11. The molecule has 132 valence electrons. The van der Waals surface area contributed by atoms with Crippen molar-refractivity contribution in [2.24, 2.45) is 4.99 Å². The van der Waals surface area contributed by atoms with E-state index in [1.165, 1.54) is 0 Å². The average molecular weight is 444 g/mol. The highest BCUT2D eigenvalue weighted by Crippen LogP contribution is 2.18. The van der Waals surface area contributed by atoms with Gasteiger partial charge in [-0.3, -0.25) is 4.99 Å². The molecule has 0 unspecified atom stereocenters. The Morgan fingerprint density at radius 2 is 2.04 bits per heavy atom. The summed E-state index contributed by atoms with van der Waals surface area (Å²) >= 11 is 0. The maximum Gasteiger partial charge on any atom is 0.214 e. The molecule has 0 spiro atoms. The molecule has 1 aromatic carbocycles. The number of aryl methyl sites for hydroxylation is 2. The molecule has 1 heterocycles. The van der Waals surface area contributed by atoms with Crippen LogP contribution in [0.1, 0.15) is 22.9 Å². The van der Waals surface area contributed by atoms with Gasteiger partial charge in [-0.1, -0.05) is 18.2 Å². The number of ether oxygens (including phenoxy) is 1. The number of hydrogen-bond acceptors (Lipinski definition) is 4. The van der Waals surface area contributed by atoms with Gasteiger partial charge >= 0.3 is 0 Å². The lowest BCUT2D eigenvalue weighted by molar-refractivity contribution is 0.394. The van der Waals surface area contributed by atoms with Gasteiger partial charge in [-0.05, 0) is 19.9 Å². The minimum atomic E-state index is 0. The van der Waals surface area contributed by atoms with Crippen molar-refractivity contribution in [3.63, 3.8) is 0 Å². The lowest BCUT2D eigenvalue weighted by atomic mass is 10.2. The minimum absolute atomic E-state index is 0. The van der Waals surface area contributed by atoms with Gasteiger partial charge in [-0.2, -0.15) is 0 Å². The monoisotopic (exact) mass is 444 g/mol. The normalized spacial score (nSPS) is 11.0. The van der Waals surface area contributed by atoms with Crippen LogP contribution in [0.2, 0.25) is 0 Å². The summed E-state index contributed by atoms with van der Waals surface area (Å²) in [6, 6.07) is 7.96. The maximum atomic E-state index is 5.58. The van der Waals surface area contributed by atoms with E-state index in [0.717, 1.165) is 28.7 Å². The van der Waals surface area contributed by atoms with Gasteiger partial charge in [0.2, 0.25) is 5.89 Å². The molecular weight excluding hydrogens is 419 g/mol. The molecule has 6 nitrogen and oxygen atoms in total. The lowest BCUT2D eigenvalue weighted by Crippen LogP contribution is -2.38. The fourth-order valence-electron chi connectivity index (χ4n) is 2.32. The zero-order valence-corrected chi connectivity index (χ0v) is 17.1. The first-order chi connectivity index (χ1) is 11.0. The largest absolute Gasteiger partial charge is 0.496 e. The van der Waals surface area contributed by atoms with Crippen LogP contribution in [-0.2, 0) is 13.1 Å². The third-order valence-corrected chi connectivity index (χ3v) is 3.64. The van der Waals surface area contributed by atoms with Crippen LogP contribution in [0.5, 0.6) is 5.75 Å². The van der Waals surface area contributed by atoms with E-state index >= 15 is 0 Å². The van der Waals surface area contributed by atoms with Crippen LogP contribution in [0.4, 0.5) is 0 Å². The van der Waals surface area contributed by atoms with Gasteiger partial charge in [0.1, 0.15) is 11.5 Å². The lowest BCUT2D eigenvalue weighted by Gasteiger charge is -2.22. The molecule has 0 saturated carbocycles. The number of para-hydroxylation sites is 1. The fourth-order valence-corrected chi connectivity index (χ4v) is 2.32. The number of guanidine groups is 1. The van der Waals surface area contributed by atoms with Crippen molar-refractivity contribution in [2.45, 2.75) is 26.9 Å². The van der Waals surface area contributed by atoms with Crippen LogP contribution in [0, 0.1) is 13.8 Å². The van der Waals surface area contributed by atoms with E-state index in [4.69, 9.17) is 9.15 Å². The third kappa shape index (κ3) is 5.12. The molecule has 7 heteroatoms. The van der Waals surface area contributed by atoms with Gasteiger partial charge in [0, 0.05) is 26.2 Å². The predicted molar refractivity (Wildman–Crippen MR) is 106 cm³/mol. The van der Waals surface area contributed by atoms with E-state index in [1.54, 1.807) is 14.2 Å². The molecule has 0 atom stereocenters. The van der Waals surface area contributed by atoms with E-state index in [2.05, 4.69) is 15.3 Å². The zero-order chi connectivity index (χ0) is 16.8. The Hall–Kier alpha value is -1.77. The number of aliphatic imine (C=N–C) groups is 1. The number of rotatable bonds is 5. The number of benzene rings is 1. The summed E-state index contributed by atoms with van der Waals surface area (Å²) in [7, 11) is 5.42. The third-order valence-electron chi connectivity index (χ3n) is 3.64. The molecule has 2 rings (SSSR count). The van der Waals surface area contributed by atoms with Gasteiger partial charge in [0.25, 0.3) is 0 Å². The topological polar surface area (TPSA) is 62.9 Å². The van der Waals surface area contributed by atoms with E-state index in [1.807, 2.05) is 50.1 Å². The molecule has 0 fully saturated rings. The maximum absolute atomic E-state index is 5.58. The second-order valence-electron chi connectivity index (χ2n) is 5.32. The summed E-state index contributed by atoms with van der Waals surface area (Å²) in [5.41, 5.74) is 2.02. The minimum Gasteiger partial charge on any atom is -0.496 e. The van der Waals surface area contributed by atoms with E-state index in [9.17, 15) is 0 Å².